The number of ether oxygens (including phenoxy) is 1. The van der Waals surface area contributed by atoms with Crippen LogP contribution in [0.15, 0.2) is 24.3 Å². The molecular weight excluding hydrogens is 210 g/mol. The van der Waals surface area contributed by atoms with Gasteiger partial charge in [0.15, 0.2) is 0 Å². The summed E-state index contributed by atoms with van der Waals surface area (Å²) in [6.07, 6.45) is 1.29. The summed E-state index contributed by atoms with van der Waals surface area (Å²) < 4.78 is 6.11. The van der Waals surface area contributed by atoms with Crippen LogP contribution in [0.25, 0.3) is 0 Å². The minimum Gasteiger partial charge on any atom is -0.488 e. The molecule has 1 aliphatic heterocycles. The molecule has 1 aromatic carbocycles. The Bertz CT molecular complexity index is 357. The van der Waals surface area contributed by atoms with Crippen molar-refractivity contribution in [2.45, 2.75) is 45.8 Å². The molecule has 2 heteroatoms. The third-order valence-electron chi connectivity index (χ3n) is 4.01. The molecule has 94 valence electrons. The standard InChI is InChI=1S/C15H23NO/c1-5-16(6-2)15(3,4)14-11-12-9-7-8-10-13(12)17-14/h7-10,14H,5-6,11H2,1-4H3. The van der Waals surface area contributed by atoms with Gasteiger partial charge in [-0.05, 0) is 38.6 Å². The summed E-state index contributed by atoms with van der Waals surface area (Å²) in [5.74, 6) is 1.07. The Balaban J connectivity index is 2.16. The van der Waals surface area contributed by atoms with Crippen LogP contribution in [0.1, 0.15) is 33.3 Å². The number of fused-ring (bicyclic) bond motifs is 1. The lowest BCUT2D eigenvalue weighted by molar-refractivity contribution is 0.0230. The number of likely N-dealkylation sites (N-methyl/N-ethyl adjacent to an activating group) is 1. The fourth-order valence-electron chi connectivity index (χ4n) is 2.82. The molecule has 0 spiro atoms. The fourth-order valence-corrected chi connectivity index (χ4v) is 2.82. The molecular formula is C15H23NO. The van der Waals surface area contributed by atoms with Gasteiger partial charge in [0.25, 0.3) is 0 Å². The fraction of sp³-hybridized carbons (Fsp3) is 0.600. The van der Waals surface area contributed by atoms with Crippen molar-refractivity contribution in [1.82, 2.24) is 4.90 Å². The van der Waals surface area contributed by atoms with Gasteiger partial charge in [0.05, 0.1) is 5.54 Å². The molecule has 1 aliphatic rings. The number of rotatable bonds is 4. The minimum atomic E-state index is 0.0858. The van der Waals surface area contributed by atoms with Crippen molar-refractivity contribution >= 4 is 0 Å². The van der Waals surface area contributed by atoms with Crippen LogP contribution in [0.4, 0.5) is 0 Å². The minimum absolute atomic E-state index is 0.0858. The Morgan fingerprint density at radius 1 is 1.24 bits per heavy atom. The average molecular weight is 233 g/mol. The Morgan fingerprint density at radius 3 is 2.47 bits per heavy atom. The molecule has 1 unspecified atom stereocenters. The van der Waals surface area contributed by atoms with E-state index in [0.717, 1.165) is 25.3 Å². The summed E-state index contributed by atoms with van der Waals surface area (Å²) in [7, 11) is 0. The first-order chi connectivity index (χ1) is 8.09. The zero-order valence-electron chi connectivity index (χ0n) is 11.4. The van der Waals surface area contributed by atoms with E-state index in [1.807, 2.05) is 6.07 Å². The topological polar surface area (TPSA) is 12.5 Å². The van der Waals surface area contributed by atoms with E-state index in [0.29, 0.717) is 0 Å². The Hall–Kier alpha value is -1.02. The number of para-hydroxylation sites is 1. The first kappa shape index (κ1) is 12.4. The molecule has 17 heavy (non-hydrogen) atoms. The molecule has 2 nitrogen and oxygen atoms in total. The third kappa shape index (κ3) is 2.19. The van der Waals surface area contributed by atoms with E-state index in [1.165, 1.54) is 5.56 Å². The van der Waals surface area contributed by atoms with Crippen LogP contribution in [0.2, 0.25) is 0 Å². The largest absolute Gasteiger partial charge is 0.488 e. The van der Waals surface area contributed by atoms with Crippen molar-refractivity contribution in [3.05, 3.63) is 29.8 Å². The highest BCUT2D eigenvalue weighted by Gasteiger charge is 2.39. The molecule has 0 amide bonds. The second-order valence-corrected chi connectivity index (χ2v) is 5.24. The van der Waals surface area contributed by atoms with Crippen molar-refractivity contribution in [3.63, 3.8) is 0 Å². The molecule has 1 aromatic rings. The third-order valence-corrected chi connectivity index (χ3v) is 4.01. The Labute approximate surface area is 105 Å². The van der Waals surface area contributed by atoms with E-state index >= 15 is 0 Å². The second-order valence-electron chi connectivity index (χ2n) is 5.24. The van der Waals surface area contributed by atoms with E-state index in [2.05, 4.69) is 50.8 Å². The monoisotopic (exact) mass is 233 g/mol. The van der Waals surface area contributed by atoms with Crippen LogP contribution in [0.5, 0.6) is 5.75 Å². The number of hydrogen-bond acceptors (Lipinski definition) is 2. The van der Waals surface area contributed by atoms with Crippen molar-refractivity contribution in [2.75, 3.05) is 13.1 Å². The van der Waals surface area contributed by atoms with Crippen molar-refractivity contribution in [1.29, 1.82) is 0 Å². The van der Waals surface area contributed by atoms with Crippen molar-refractivity contribution < 1.29 is 4.74 Å². The molecule has 2 rings (SSSR count). The molecule has 0 saturated heterocycles. The van der Waals surface area contributed by atoms with Gasteiger partial charge in [-0.3, -0.25) is 4.90 Å². The predicted octanol–water partition coefficient (Wildman–Crippen LogP) is 3.11. The maximum Gasteiger partial charge on any atom is 0.123 e. The highest BCUT2D eigenvalue weighted by atomic mass is 16.5. The van der Waals surface area contributed by atoms with Crippen LogP contribution in [-0.2, 0) is 6.42 Å². The lowest BCUT2D eigenvalue weighted by Crippen LogP contribution is -2.54. The molecule has 0 aromatic heterocycles. The molecule has 0 aliphatic carbocycles. The highest BCUT2D eigenvalue weighted by Crippen LogP contribution is 2.35. The molecule has 0 N–H and O–H groups in total. The maximum absolute atomic E-state index is 6.11. The van der Waals surface area contributed by atoms with Crippen LogP contribution in [-0.4, -0.2) is 29.6 Å². The molecule has 0 saturated carbocycles. The smallest absolute Gasteiger partial charge is 0.123 e. The lowest BCUT2D eigenvalue weighted by atomic mass is 9.91. The lowest BCUT2D eigenvalue weighted by Gasteiger charge is -2.41. The molecule has 0 bridgehead atoms. The van der Waals surface area contributed by atoms with Gasteiger partial charge in [0.2, 0.25) is 0 Å². The summed E-state index contributed by atoms with van der Waals surface area (Å²) in [5, 5.41) is 0. The van der Waals surface area contributed by atoms with Crippen molar-refractivity contribution in [3.8, 4) is 5.75 Å². The van der Waals surface area contributed by atoms with Gasteiger partial charge in [-0.25, -0.2) is 0 Å². The van der Waals surface area contributed by atoms with E-state index < -0.39 is 0 Å². The SMILES string of the molecule is CCN(CC)C(C)(C)C1Cc2ccccc2O1. The quantitative estimate of drug-likeness (QED) is 0.792. The summed E-state index contributed by atoms with van der Waals surface area (Å²) in [6, 6.07) is 8.39. The zero-order valence-corrected chi connectivity index (χ0v) is 11.4. The first-order valence-corrected chi connectivity index (χ1v) is 6.59. The Kier molecular flexibility index (Phi) is 3.43. The summed E-state index contributed by atoms with van der Waals surface area (Å²) >= 11 is 0. The predicted molar refractivity (Wildman–Crippen MR) is 71.6 cm³/mol. The number of benzene rings is 1. The van der Waals surface area contributed by atoms with Gasteiger partial charge in [0.1, 0.15) is 11.9 Å². The zero-order chi connectivity index (χ0) is 12.5. The van der Waals surface area contributed by atoms with E-state index in [9.17, 15) is 0 Å². The average Bonchev–Trinajstić information content (AvgIpc) is 2.74. The van der Waals surface area contributed by atoms with Crippen LogP contribution < -0.4 is 4.74 Å². The van der Waals surface area contributed by atoms with Crippen molar-refractivity contribution in [2.24, 2.45) is 0 Å². The summed E-state index contributed by atoms with van der Waals surface area (Å²) in [4.78, 5) is 2.48. The first-order valence-electron chi connectivity index (χ1n) is 6.59. The Morgan fingerprint density at radius 2 is 1.88 bits per heavy atom. The molecule has 1 heterocycles. The van der Waals surface area contributed by atoms with Gasteiger partial charge < -0.3 is 4.74 Å². The summed E-state index contributed by atoms with van der Waals surface area (Å²) in [6.45, 7) is 11.1. The van der Waals surface area contributed by atoms with Crippen LogP contribution in [0.3, 0.4) is 0 Å². The van der Waals surface area contributed by atoms with Gasteiger partial charge in [0, 0.05) is 6.42 Å². The molecule has 1 atom stereocenters. The van der Waals surface area contributed by atoms with E-state index in [4.69, 9.17) is 4.74 Å². The van der Waals surface area contributed by atoms with Crippen LogP contribution in [0, 0.1) is 0 Å². The highest BCUT2D eigenvalue weighted by molar-refractivity contribution is 5.38. The second kappa shape index (κ2) is 4.69. The van der Waals surface area contributed by atoms with Gasteiger partial charge >= 0.3 is 0 Å². The summed E-state index contributed by atoms with van der Waals surface area (Å²) in [5.41, 5.74) is 1.43. The number of hydrogen-bond donors (Lipinski definition) is 0. The number of nitrogens with zero attached hydrogens (tertiary/aromatic N) is 1. The van der Waals surface area contributed by atoms with Gasteiger partial charge in [-0.1, -0.05) is 32.0 Å². The normalized spacial score (nSPS) is 19.2. The molecule has 0 radical (unpaired) electrons. The maximum atomic E-state index is 6.11. The van der Waals surface area contributed by atoms with Crippen LogP contribution >= 0.6 is 0 Å². The van der Waals surface area contributed by atoms with Gasteiger partial charge in [-0.15, -0.1) is 0 Å². The van der Waals surface area contributed by atoms with Gasteiger partial charge in [-0.2, -0.15) is 0 Å². The van der Waals surface area contributed by atoms with E-state index in [-0.39, 0.29) is 11.6 Å². The molecule has 0 fully saturated rings. The van der Waals surface area contributed by atoms with E-state index in [1.54, 1.807) is 0 Å².